The minimum absolute atomic E-state index is 0.117. The molecular formula is C16H17ClN2O2. The third kappa shape index (κ3) is 4.48. The van der Waals surface area contributed by atoms with Crippen LogP contribution in [0.15, 0.2) is 48.5 Å². The van der Waals surface area contributed by atoms with Crippen LogP contribution in [0.4, 0.5) is 11.4 Å². The summed E-state index contributed by atoms with van der Waals surface area (Å²) in [6.07, 6.45) is 0.632. The largest absolute Gasteiger partial charge is 0.396 e. The Balaban J connectivity index is 2.09. The Kier molecular flexibility index (Phi) is 5.60. The molecule has 0 radical (unpaired) electrons. The van der Waals surface area contributed by atoms with E-state index < -0.39 is 0 Å². The first-order valence-electron chi connectivity index (χ1n) is 6.71. The summed E-state index contributed by atoms with van der Waals surface area (Å²) < 4.78 is 0. The first kappa shape index (κ1) is 15.4. The van der Waals surface area contributed by atoms with E-state index in [-0.39, 0.29) is 12.5 Å². The topological polar surface area (TPSA) is 61.4 Å². The minimum atomic E-state index is -0.190. The zero-order valence-electron chi connectivity index (χ0n) is 11.5. The summed E-state index contributed by atoms with van der Waals surface area (Å²) in [5.74, 6) is -0.190. The zero-order chi connectivity index (χ0) is 15.1. The van der Waals surface area contributed by atoms with Crippen molar-refractivity contribution in [2.24, 2.45) is 0 Å². The number of benzene rings is 2. The molecule has 0 saturated heterocycles. The van der Waals surface area contributed by atoms with Crippen LogP contribution in [-0.4, -0.2) is 24.2 Å². The number of anilines is 2. The summed E-state index contributed by atoms with van der Waals surface area (Å²) in [4.78, 5) is 12.3. The lowest BCUT2D eigenvalue weighted by atomic mass is 10.1. The number of hydrogen-bond donors (Lipinski definition) is 3. The van der Waals surface area contributed by atoms with Gasteiger partial charge in [0.25, 0.3) is 5.91 Å². The Morgan fingerprint density at radius 2 is 1.81 bits per heavy atom. The summed E-state index contributed by atoms with van der Waals surface area (Å²) in [7, 11) is 0. The predicted molar refractivity (Wildman–Crippen MR) is 86.0 cm³/mol. The molecule has 0 aliphatic carbocycles. The molecule has 0 aromatic heterocycles. The molecule has 21 heavy (non-hydrogen) atoms. The molecule has 0 fully saturated rings. The molecule has 0 aliphatic heterocycles. The van der Waals surface area contributed by atoms with Gasteiger partial charge in [0.05, 0.1) is 5.56 Å². The van der Waals surface area contributed by atoms with Crippen molar-refractivity contribution in [1.82, 2.24) is 0 Å². The maximum atomic E-state index is 12.3. The molecule has 4 nitrogen and oxygen atoms in total. The third-order valence-corrected chi connectivity index (χ3v) is 3.18. The average Bonchev–Trinajstić information content (AvgIpc) is 2.50. The van der Waals surface area contributed by atoms with Gasteiger partial charge in [0.15, 0.2) is 0 Å². The SMILES string of the molecule is O=C(Nc1ccc(Cl)cc1)c1ccccc1NCCCO. The average molecular weight is 305 g/mol. The molecule has 2 aromatic rings. The summed E-state index contributed by atoms with van der Waals surface area (Å²) >= 11 is 5.82. The Hall–Kier alpha value is -2.04. The molecule has 110 valence electrons. The van der Waals surface area contributed by atoms with E-state index in [1.165, 1.54) is 0 Å². The maximum absolute atomic E-state index is 12.3. The van der Waals surface area contributed by atoms with Crippen molar-refractivity contribution in [3.05, 3.63) is 59.1 Å². The molecule has 1 amide bonds. The fourth-order valence-electron chi connectivity index (χ4n) is 1.87. The number of aliphatic hydroxyl groups excluding tert-OH is 1. The second-order valence-electron chi connectivity index (χ2n) is 4.51. The van der Waals surface area contributed by atoms with Crippen LogP contribution < -0.4 is 10.6 Å². The molecule has 2 aromatic carbocycles. The van der Waals surface area contributed by atoms with Gasteiger partial charge in [-0.25, -0.2) is 0 Å². The fourth-order valence-corrected chi connectivity index (χ4v) is 2.00. The van der Waals surface area contributed by atoms with Crippen molar-refractivity contribution in [3.63, 3.8) is 0 Å². The fraction of sp³-hybridized carbons (Fsp3) is 0.188. The normalized spacial score (nSPS) is 10.2. The zero-order valence-corrected chi connectivity index (χ0v) is 12.2. The van der Waals surface area contributed by atoms with Crippen LogP contribution in [0.1, 0.15) is 16.8 Å². The van der Waals surface area contributed by atoms with Crippen LogP contribution in [0.25, 0.3) is 0 Å². The molecule has 0 heterocycles. The molecule has 2 rings (SSSR count). The Morgan fingerprint density at radius 1 is 1.10 bits per heavy atom. The van der Waals surface area contributed by atoms with Gasteiger partial charge in [0, 0.05) is 29.5 Å². The van der Waals surface area contributed by atoms with Gasteiger partial charge in [-0.2, -0.15) is 0 Å². The van der Waals surface area contributed by atoms with Gasteiger partial charge in [-0.3, -0.25) is 4.79 Å². The molecule has 5 heteroatoms. The van der Waals surface area contributed by atoms with Crippen molar-refractivity contribution in [2.45, 2.75) is 6.42 Å². The number of hydrogen-bond acceptors (Lipinski definition) is 3. The van der Waals surface area contributed by atoms with Crippen LogP contribution in [0.3, 0.4) is 0 Å². The molecule has 0 spiro atoms. The van der Waals surface area contributed by atoms with Crippen LogP contribution in [-0.2, 0) is 0 Å². The van der Waals surface area contributed by atoms with E-state index in [2.05, 4.69) is 10.6 Å². The van der Waals surface area contributed by atoms with Crippen molar-refractivity contribution < 1.29 is 9.90 Å². The lowest BCUT2D eigenvalue weighted by Gasteiger charge is -2.12. The minimum Gasteiger partial charge on any atom is -0.396 e. The monoisotopic (exact) mass is 304 g/mol. The van der Waals surface area contributed by atoms with Crippen molar-refractivity contribution in [3.8, 4) is 0 Å². The van der Waals surface area contributed by atoms with Gasteiger partial charge in [-0.15, -0.1) is 0 Å². The van der Waals surface area contributed by atoms with Crippen LogP contribution in [0.5, 0.6) is 0 Å². The van der Waals surface area contributed by atoms with Gasteiger partial charge in [-0.1, -0.05) is 23.7 Å². The third-order valence-electron chi connectivity index (χ3n) is 2.92. The molecule has 0 saturated carbocycles. The second kappa shape index (κ2) is 7.67. The van der Waals surface area contributed by atoms with E-state index in [0.717, 1.165) is 5.69 Å². The molecule has 3 N–H and O–H groups in total. The Morgan fingerprint density at radius 3 is 2.52 bits per heavy atom. The number of aliphatic hydroxyl groups is 1. The smallest absolute Gasteiger partial charge is 0.257 e. The molecule has 0 unspecified atom stereocenters. The van der Waals surface area contributed by atoms with Crippen LogP contribution >= 0.6 is 11.6 Å². The predicted octanol–water partition coefficient (Wildman–Crippen LogP) is 3.39. The molecule has 0 bridgehead atoms. The number of amides is 1. The summed E-state index contributed by atoms with van der Waals surface area (Å²) in [5.41, 5.74) is 2.00. The summed E-state index contributed by atoms with van der Waals surface area (Å²) in [6.45, 7) is 0.730. The highest BCUT2D eigenvalue weighted by molar-refractivity contribution is 6.30. The standard InChI is InChI=1S/C16H17ClN2O2/c17-12-6-8-13(9-7-12)19-16(21)14-4-1-2-5-15(14)18-10-3-11-20/h1-2,4-9,18,20H,3,10-11H2,(H,19,21). The number of carbonyl (C=O) groups is 1. The van der Waals surface area contributed by atoms with Gasteiger partial charge in [0.1, 0.15) is 0 Å². The first-order chi connectivity index (χ1) is 10.2. The number of para-hydroxylation sites is 1. The molecule has 0 atom stereocenters. The number of rotatable bonds is 6. The quantitative estimate of drug-likeness (QED) is 0.717. The van der Waals surface area contributed by atoms with Gasteiger partial charge in [-0.05, 0) is 42.8 Å². The first-order valence-corrected chi connectivity index (χ1v) is 7.09. The molecule has 0 aliphatic rings. The van der Waals surface area contributed by atoms with E-state index >= 15 is 0 Å². The number of halogens is 1. The Bertz CT molecular complexity index is 599. The van der Waals surface area contributed by atoms with E-state index in [1.807, 2.05) is 18.2 Å². The van der Waals surface area contributed by atoms with E-state index in [4.69, 9.17) is 16.7 Å². The second-order valence-corrected chi connectivity index (χ2v) is 4.95. The van der Waals surface area contributed by atoms with E-state index in [0.29, 0.717) is 29.2 Å². The number of nitrogens with one attached hydrogen (secondary N) is 2. The maximum Gasteiger partial charge on any atom is 0.257 e. The highest BCUT2D eigenvalue weighted by atomic mass is 35.5. The Labute approximate surface area is 128 Å². The van der Waals surface area contributed by atoms with Crippen LogP contribution in [0.2, 0.25) is 5.02 Å². The van der Waals surface area contributed by atoms with Gasteiger partial charge < -0.3 is 15.7 Å². The van der Waals surface area contributed by atoms with Crippen molar-refractivity contribution in [1.29, 1.82) is 0 Å². The van der Waals surface area contributed by atoms with E-state index in [9.17, 15) is 4.79 Å². The lowest BCUT2D eigenvalue weighted by molar-refractivity contribution is 0.102. The van der Waals surface area contributed by atoms with Crippen LogP contribution in [0, 0.1) is 0 Å². The highest BCUT2D eigenvalue weighted by Gasteiger charge is 2.10. The lowest BCUT2D eigenvalue weighted by Crippen LogP contribution is -2.15. The van der Waals surface area contributed by atoms with Gasteiger partial charge in [0.2, 0.25) is 0 Å². The van der Waals surface area contributed by atoms with E-state index in [1.54, 1.807) is 30.3 Å². The number of carbonyl (C=O) groups excluding carboxylic acids is 1. The van der Waals surface area contributed by atoms with Gasteiger partial charge >= 0.3 is 0 Å². The van der Waals surface area contributed by atoms with Crippen molar-refractivity contribution >= 4 is 28.9 Å². The molecular weight excluding hydrogens is 288 g/mol. The van der Waals surface area contributed by atoms with Crippen molar-refractivity contribution in [2.75, 3.05) is 23.8 Å². The summed E-state index contributed by atoms with van der Waals surface area (Å²) in [6, 6.07) is 14.2. The summed E-state index contributed by atoms with van der Waals surface area (Å²) in [5, 5.41) is 15.4. The highest BCUT2D eigenvalue weighted by Crippen LogP contribution is 2.18.